The smallest absolute Gasteiger partial charge is 0.316 e. The molecule has 1 aliphatic heterocycles. The summed E-state index contributed by atoms with van der Waals surface area (Å²) < 4.78 is 17.1. The number of carbonyl (C=O) groups is 1. The van der Waals surface area contributed by atoms with Gasteiger partial charge >= 0.3 is 5.97 Å². The maximum atomic E-state index is 12.4. The van der Waals surface area contributed by atoms with E-state index in [-0.39, 0.29) is 5.97 Å². The molecule has 39 heavy (non-hydrogen) atoms. The fraction of sp³-hybridized carbons (Fsp3) is 0.382. The van der Waals surface area contributed by atoms with Gasteiger partial charge in [0, 0.05) is 19.6 Å². The summed E-state index contributed by atoms with van der Waals surface area (Å²) >= 11 is 0. The average Bonchev–Trinajstić information content (AvgIpc) is 2.95. The average molecular weight is 528 g/mol. The van der Waals surface area contributed by atoms with Gasteiger partial charge in [-0.25, -0.2) is 0 Å². The Labute approximate surface area is 233 Å². The molecule has 0 bridgehead atoms. The van der Waals surface area contributed by atoms with Crippen LogP contribution in [-0.4, -0.2) is 50.3 Å². The molecule has 0 spiro atoms. The van der Waals surface area contributed by atoms with Gasteiger partial charge < -0.3 is 14.2 Å². The van der Waals surface area contributed by atoms with E-state index in [9.17, 15) is 4.79 Å². The molecule has 206 valence electrons. The quantitative estimate of drug-likeness (QED) is 0.214. The van der Waals surface area contributed by atoms with Crippen LogP contribution in [0.15, 0.2) is 84.4 Å². The van der Waals surface area contributed by atoms with Gasteiger partial charge in [0.15, 0.2) is 0 Å². The summed E-state index contributed by atoms with van der Waals surface area (Å²) in [5.74, 6) is 1.19. The SMILES string of the molecule is CC/C(Cc1ccccc1)=C(\c1ccc(OCCN2CCOCC2)cc1)c1ccc(OC(=O)C(C)(C)C)cc1. The number of esters is 1. The lowest BCUT2D eigenvalue weighted by Crippen LogP contribution is -2.38. The van der Waals surface area contributed by atoms with Crippen LogP contribution in [0.1, 0.15) is 50.8 Å². The number of allylic oxidation sites excluding steroid dienone is 1. The van der Waals surface area contributed by atoms with Crippen molar-refractivity contribution in [3.8, 4) is 11.5 Å². The van der Waals surface area contributed by atoms with Crippen LogP contribution in [0.2, 0.25) is 0 Å². The summed E-state index contributed by atoms with van der Waals surface area (Å²) in [7, 11) is 0. The Morgan fingerprint density at radius 2 is 1.44 bits per heavy atom. The van der Waals surface area contributed by atoms with E-state index in [0.29, 0.717) is 12.4 Å². The lowest BCUT2D eigenvalue weighted by molar-refractivity contribution is -0.143. The van der Waals surface area contributed by atoms with E-state index in [2.05, 4.69) is 66.4 Å². The van der Waals surface area contributed by atoms with E-state index >= 15 is 0 Å². The first-order chi connectivity index (χ1) is 18.8. The summed E-state index contributed by atoms with van der Waals surface area (Å²) in [6, 6.07) is 26.9. The molecule has 0 aromatic heterocycles. The molecule has 4 rings (SSSR count). The minimum Gasteiger partial charge on any atom is -0.492 e. The molecule has 0 N–H and O–H groups in total. The highest BCUT2D eigenvalue weighted by atomic mass is 16.5. The van der Waals surface area contributed by atoms with E-state index in [0.717, 1.165) is 62.6 Å². The van der Waals surface area contributed by atoms with E-state index in [1.54, 1.807) is 0 Å². The summed E-state index contributed by atoms with van der Waals surface area (Å²) in [6.07, 6.45) is 1.79. The van der Waals surface area contributed by atoms with Crippen molar-refractivity contribution in [1.29, 1.82) is 0 Å². The van der Waals surface area contributed by atoms with Crippen molar-refractivity contribution in [2.24, 2.45) is 5.41 Å². The fourth-order valence-corrected chi connectivity index (χ4v) is 4.59. The van der Waals surface area contributed by atoms with Crippen molar-refractivity contribution in [1.82, 2.24) is 4.90 Å². The van der Waals surface area contributed by atoms with Gasteiger partial charge in [0.2, 0.25) is 0 Å². The lowest BCUT2D eigenvalue weighted by Gasteiger charge is -2.26. The second-order valence-electron chi connectivity index (χ2n) is 11.0. The van der Waals surface area contributed by atoms with Crippen molar-refractivity contribution in [3.05, 3.63) is 101 Å². The summed E-state index contributed by atoms with van der Waals surface area (Å²) in [4.78, 5) is 14.8. The second kappa shape index (κ2) is 13.6. The minimum atomic E-state index is -0.555. The number of hydrogen-bond donors (Lipinski definition) is 0. The Hall–Kier alpha value is -3.41. The Morgan fingerprint density at radius 1 is 0.846 bits per heavy atom. The largest absolute Gasteiger partial charge is 0.492 e. The zero-order chi connectivity index (χ0) is 27.7. The van der Waals surface area contributed by atoms with Crippen LogP contribution in [0.5, 0.6) is 11.5 Å². The third kappa shape index (κ3) is 8.29. The number of rotatable bonds is 10. The molecule has 0 atom stereocenters. The van der Waals surface area contributed by atoms with Crippen molar-refractivity contribution < 1.29 is 19.0 Å². The molecule has 5 nitrogen and oxygen atoms in total. The van der Waals surface area contributed by atoms with Crippen LogP contribution in [0.25, 0.3) is 5.57 Å². The van der Waals surface area contributed by atoms with Crippen molar-refractivity contribution in [3.63, 3.8) is 0 Å². The monoisotopic (exact) mass is 527 g/mol. The number of carbonyl (C=O) groups excluding carboxylic acids is 1. The molecule has 1 heterocycles. The van der Waals surface area contributed by atoms with Crippen LogP contribution in [-0.2, 0) is 16.0 Å². The lowest BCUT2D eigenvalue weighted by atomic mass is 9.88. The Bertz CT molecular complexity index is 1220. The molecule has 1 fully saturated rings. The molecule has 3 aromatic rings. The Kier molecular flexibility index (Phi) is 9.96. The van der Waals surface area contributed by atoms with Crippen LogP contribution < -0.4 is 9.47 Å². The fourth-order valence-electron chi connectivity index (χ4n) is 4.59. The highest BCUT2D eigenvalue weighted by molar-refractivity contribution is 5.83. The normalized spacial score (nSPS) is 15.0. The molecule has 1 saturated heterocycles. The zero-order valence-corrected chi connectivity index (χ0v) is 23.7. The van der Waals surface area contributed by atoms with E-state index in [1.807, 2.05) is 45.0 Å². The highest BCUT2D eigenvalue weighted by Gasteiger charge is 2.24. The molecule has 5 heteroatoms. The van der Waals surface area contributed by atoms with Crippen LogP contribution in [0.3, 0.4) is 0 Å². The number of morpholine rings is 1. The van der Waals surface area contributed by atoms with Gasteiger partial charge in [-0.3, -0.25) is 9.69 Å². The molecule has 3 aromatic carbocycles. The molecule has 0 aliphatic carbocycles. The first-order valence-electron chi connectivity index (χ1n) is 14.0. The maximum absolute atomic E-state index is 12.4. The van der Waals surface area contributed by atoms with Crippen LogP contribution >= 0.6 is 0 Å². The molecule has 0 radical (unpaired) electrons. The van der Waals surface area contributed by atoms with E-state index < -0.39 is 5.41 Å². The number of benzene rings is 3. The predicted octanol–water partition coefficient (Wildman–Crippen LogP) is 6.80. The minimum absolute atomic E-state index is 0.242. The summed E-state index contributed by atoms with van der Waals surface area (Å²) in [5, 5.41) is 0. The number of ether oxygens (including phenoxy) is 3. The molecular formula is C34H41NO4. The molecule has 0 amide bonds. The molecule has 1 aliphatic rings. The van der Waals surface area contributed by atoms with Gasteiger partial charge in [0.05, 0.1) is 18.6 Å². The third-order valence-electron chi connectivity index (χ3n) is 6.93. The summed E-state index contributed by atoms with van der Waals surface area (Å²) in [6.45, 7) is 12.9. The van der Waals surface area contributed by atoms with Crippen LogP contribution in [0, 0.1) is 5.41 Å². The van der Waals surface area contributed by atoms with Gasteiger partial charge in [-0.2, -0.15) is 0 Å². The van der Waals surface area contributed by atoms with Gasteiger partial charge in [0.25, 0.3) is 0 Å². The van der Waals surface area contributed by atoms with Crippen molar-refractivity contribution in [2.45, 2.75) is 40.5 Å². The third-order valence-corrected chi connectivity index (χ3v) is 6.93. The first-order valence-corrected chi connectivity index (χ1v) is 14.0. The second-order valence-corrected chi connectivity index (χ2v) is 11.0. The Morgan fingerprint density at radius 3 is 2.00 bits per heavy atom. The van der Waals surface area contributed by atoms with Gasteiger partial charge in [0.1, 0.15) is 18.1 Å². The van der Waals surface area contributed by atoms with Crippen molar-refractivity contribution >= 4 is 11.5 Å². The number of hydrogen-bond acceptors (Lipinski definition) is 5. The molecular weight excluding hydrogens is 486 g/mol. The predicted molar refractivity (Wildman–Crippen MR) is 157 cm³/mol. The van der Waals surface area contributed by atoms with Gasteiger partial charge in [-0.15, -0.1) is 0 Å². The van der Waals surface area contributed by atoms with Gasteiger partial charge in [-0.1, -0.05) is 67.1 Å². The maximum Gasteiger partial charge on any atom is 0.316 e. The topological polar surface area (TPSA) is 48.0 Å². The number of nitrogens with zero attached hydrogens (tertiary/aromatic N) is 1. The zero-order valence-electron chi connectivity index (χ0n) is 23.7. The standard InChI is InChI=1S/C34H41NO4/c1-5-27(25-26-9-7-6-8-10-26)32(29-13-17-31(18-14-29)39-33(36)34(2,3)4)28-11-15-30(16-12-28)38-24-21-35-19-22-37-23-20-35/h6-18H,5,19-25H2,1-4H3/b32-27-. The van der Waals surface area contributed by atoms with E-state index in [4.69, 9.17) is 14.2 Å². The Balaban J connectivity index is 1.57. The van der Waals surface area contributed by atoms with Crippen molar-refractivity contribution in [2.75, 3.05) is 39.5 Å². The molecule has 0 unspecified atom stereocenters. The highest BCUT2D eigenvalue weighted by Crippen LogP contribution is 2.33. The summed E-state index contributed by atoms with van der Waals surface area (Å²) in [5.41, 5.74) is 5.52. The first kappa shape index (κ1) is 28.6. The van der Waals surface area contributed by atoms with Crippen LogP contribution in [0.4, 0.5) is 0 Å². The molecule has 0 saturated carbocycles. The van der Waals surface area contributed by atoms with Gasteiger partial charge in [-0.05, 0) is 80.1 Å². The van der Waals surface area contributed by atoms with E-state index in [1.165, 1.54) is 16.7 Å².